The summed E-state index contributed by atoms with van der Waals surface area (Å²) in [6, 6.07) is 3.39. The third-order valence-corrected chi connectivity index (χ3v) is 4.81. The van der Waals surface area contributed by atoms with Gasteiger partial charge in [-0.2, -0.15) is 0 Å². The van der Waals surface area contributed by atoms with Crippen LogP contribution in [0.1, 0.15) is 6.42 Å². The van der Waals surface area contributed by atoms with Gasteiger partial charge in [-0.1, -0.05) is 0 Å². The third kappa shape index (κ3) is 5.63. The summed E-state index contributed by atoms with van der Waals surface area (Å²) in [4.78, 5) is 13.5. The molecule has 24 heavy (non-hydrogen) atoms. The van der Waals surface area contributed by atoms with Gasteiger partial charge in [-0.25, -0.2) is 22.0 Å². The molecular weight excluding hydrogens is 340 g/mol. The van der Waals surface area contributed by atoms with Gasteiger partial charge in [-0.15, -0.1) is 0 Å². The number of hydrogen-bond acceptors (Lipinski definition) is 4. The van der Waals surface area contributed by atoms with Crippen molar-refractivity contribution in [2.75, 3.05) is 43.1 Å². The number of rotatable bonds is 6. The highest BCUT2D eigenvalue weighted by atomic mass is 32.2. The molecule has 1 aliphatic heterocycles. The van der Waals surface area contributed by atoms with Crippen LogP contribution in [0.15, 0.2) is 18.2 Å². The van der Waals surface area contributed by atoms with Gasteiger partial charge in [0.05, 0.1) is 5.75 Å². The first-order valence-corrected chi connectivity index (χ1v) is 9.70. The molecule has 0 bridgehead atoms. The molecule has 0 spiro atoms. The molecule has 9 heteroatoms. The van der Waals surface area contributed by atoms with E-state index in [1.807, 2.05) is 4.90 Å². The number of benzene rings is 1. The maximum absolute atomic E-state index is 13.3. The fourth-order valence-corrected chi connectivity index (χ4v) is 3.04. The first-order chi connectivity index (χ1) is 11.2. The van der Waals surface area contributed by atoms with Crippen molar-refractivity contribution >= 4 is 21.6 Å². The van der Waals surface area contributed by atoms with E-state index in [9.17, 15) is 22.0 Å². The normalized spacial score (nSPS) is 17.8. The van der Waals surface area contributed by atoms with Gasteiger partial charge in [0.2, 0.25) is 0 Å². The predicted molar refractivity (Wildman–Crippen MR) is 87.8 cm³/mol. The molecule has 0 aliphatic carbocycles. The van der Waals surface area contributed by atoms with E-state index in [0.717, 1.165) is 18.7 Å². The molecule has 0 saturated carbocycles. The Kier molecular flexibility index (Phi) is 5.98. The minimum absolute atomic E-state index is 0.0658. The Bertz CT molecular complexity index is 697. The second kappa shape index (κ2) is 7.78. The SMILES string of the molecule is CS(=O)(=O)CCNC(=O)NCC1CCN(c2ccc(F)c(F)c2)C1. The molecule has 1 unspecified atom stereocenters. The standard InChI is InChI=1S/C15H21F2N3O3S/c1-24(22,23)7-5-18-15(21)19-9-11-4-6-20(10-11)12-2-3-13(16)14(17)8-12/h2-3,8,11H,4-7,9-10H2,1H3,(H2,18,19,21). The van der Waals surface area contributed by atoms with E-state index in [1.54, 1.807) is 0 Å². The van der Waals surface area contributed by atoms with Crippen LogP contribution in [0.2, 0.25) is 0 Å². The summed E-state index contributed by atoms with van der Waals surface area (Å²) < 4.78 is 48.2. The number of halogens is 2. The van der Waals surface area contributed by atoms with Gasteiger partial charge >= 0.3 is 6.03 Å². The van der Waals surface area contributed by atoms with Crippen LogP contribution >= 0.6 is 0 Å². The van der Waals surface area contributed by atoms with Crippen LogP contribution in [0, 0.1) is 17.6 Å². The smallest absolute Gasteiger partial charge is 0.314 e. The molecule has 1 aromatic carbocycles. The van der Waals surface area contributed by atoms with Gasteiger partial charge < -0.3 is 15.5 Å². The summed E-state index contributed by atoms with van der Waals surface area (Å²) in [5.74, 6) is -1.66. The van der Waals surface area contributed by atoms with Crippen LogP contribution in [0.4, 0.5) is 19.3 Å². The summed E-state index contributed by atoms with van der Waals surface area (Å²) in [5.41, 5.74) is 0.619. The van der Waals surface area contributed by atoms with Crippen molar-refractivity contribution in [2.45, 2.75) is 6.42 Å². The molecule has 2 rings (SSSR count). The third-order valence-electron chi connectivity index (χ3n) is 3.86. The molecule has 1 aromatic rings. The average Bonchev–Trinajstić information content (AvgIpc) is 2.95. The Labute approximate surface area is 140 Å². The Morgan fingerprint density at radius 1 is 1.29 bits per heavy atom. The van der Waals surface area contributed by atoms with Crippen molar-refractivity contribution in [3.05, 3.63) is 29.8 Å². The van der Waals surface area contributed by atoms with Crippen LogP contribution in [0.25, 0.3) is 0 Å². The Balaban J connectivity index is 1.73. The molecular formula is C15H21F2N3O3S. The van der Waals surface area contributed by atoms with Gasteiger partial charge in [0.1, 0.15) is 9.84 Å². The summed E-state index contributed by atoms with van der Waals surface area (Å²) in [6.07, 6.45) is 1.93. The highest BCUT2D eigenvalue weighted by Gasteiger charge is 2.23. The monoisotopic (exact) mass is 361 g/mol. The molecule has 1 saturated heterocycles. The van der Waals surface area contributed by atoms with E-state index in [1.165, 1.54) is 12.1 Å². The van der Waals surface area contributed by atoms with Gasteiger partial charge in [0, 0.05) is 44.2 Å². The van der Waals surface area contributed by atoms with Crippen LogP contribution in [0.5, 0.6) is 0 Å². The number of amides is 2. The van der Waals surface area contributed by atoms with E-state index >= 15 is 0 Å². The zero-order valence-corrected chi connectivity index (χ0v) is 14.2. The van der Waals surface area contributed by atoms with E-state index < -0.39 is 27.5 Å². The highest BCUT2D eigenvalue weighted by Crippen LogP contribution is 2.24. The van der Waals surface area contributed by atoms with Crippen molar-refractivity contribution in [3.8, 4) is 0 Å². The zero-order valence-electron chi connectivity index (χ0n) is 13.4. The van der Waals surface area contributed by atoms with Gasteiger partial charge in [-0.05, 0) is 24.5 Å². The molecule has 0 radical (unpaired) electrons. The molecule has 1 atom stereocenters. The number of nitrogens with one attached hydrogen (secondary N) is 2. The Hall–Kier alpha value is -1.90. The number of carbonyl (C=O) groups excluding carboxylic acids is 1. The lowest BCUT2D eigenvalue weighted by atomic mass is 10.1. The first-order valence-electron chi connectivity index (χ1n) is 7.64. The van der Waals surface area contributed by atoms with Gasteiger partial charge in [0.15, 0.2) is 11.6 Å². The molecule has 1 heterocycles. The van der Waals surface area contributed by atoms with E-state index in [4.69, 9.17) is 0 Å². The number of sulfone groups is 1. The number of hydrogen-bond donors (Lipinski definition) is 2. The summed E-state index contributed by atoms with van der Waals surface area (Å²) in [6.45, 7) is 1.84. The summed E-state index contributed by atoms with van der Waals surface area (Å²) >= 11 is 0. The van der Waals surface area contributed by atoms with Crippen LogP contribution in [-0.2, 0) is 9.84 Å². The second-order valence-electron chi connectivity index (χ2n) is 5.97. The number of carbonyl (C=O) groups is 1. The summed E-state index contributed by atoms with van der Waals surface area (Å²) in [7, 11) is -3.10. The fourth-order valence-electron chi connectivity index (χ4n) is 2.57. The fraction of sp³-hybridized carbons (Fsp3) is 0.533. The van der Waals surface area contributed by atoms with Gasteiger partial charge in [-0.3, -0.25) is 0 Å². The quantitative estimate of drug-likeness (QED) is 0.796. The predicted octanol–water partition coefficient (Wildman–Crippen LogP) is 1.13. The lowest BCUT2D eigenvalue weighted by Crippen LogP contribution is -2.40. The number of urea groups is 1. The molecule has 2 amide bonds. The summed E-state index contributed by atoms with van der Waals surface area (Å²) in [5, 5.41) is 5.18. The van der Waals surface area contributed by atoms with Gasteiger partial charge in [0.25, 0.3) is 0 Å². The number of anilines is 1. The van der Waals surface area contributed by atoms with E-state index in [2.05, 4.69) is 10.6 Å². The molecule has 2 N–H and O–H groups in total. The van der Waals surface area contributed by atoms with E-state index in [-0.39, 0.29) is 18.2 Å². The molecule has 0 aromatic heterocycles. The van der Waals surface area contributed by atoms with Crippen molar-refractivity contribution in [2.24, 2.45) is 5.92 Å². The second-order valence-corrected chi connectivity index (χ2v) is 8.23. The maximum atomic E-state index is 13.3. The maximum Gasteiger partial charge on any atom is 0.314 e. The Morgan fingerprint density at radius 3 is 2.71 bits per heavy atom. The number of nitrogens with zero attached hydrogens (tertiary/aromatic N) is 1. The Morgan fingerprint density at radius 2 is 2.04 bits per heavy atom. The van der Waals surface area contributed by atoms with Crippen molar-refractivity contribution in [1.82, 2.24) is 10.6 Å². The lowest BCUT2D eigenvalue weighted by Gasteiger charge is -2.19. The molecule has 1 aliphatic rings. The van der Waals surface area contributed by atoms with Crippen LogP contribution in [-0.4, -0.2) is 52.6 Å². The minimum atomic E-state index is -3.10. The van der Waals surface area contributed by atoms with Crippen molar-refractivity contribution in [3.63, 3.8) is 0 Å². The average molecular weight is 361 g/mol. The minimum Gasteiger partial charge on any atom is -0.371 e. The first kappa shape index (κ1) is 18.4. The lowest BCUT2D eigenvalue weighted by molar-refractivity contribution is 0.240. The highest BCUT2D eigenvalue weighted by molar-refractivity contribution is 7.90. The van der Waals surface area contributed by atoms with Crippen LogP contribution < -0.4 is 15.5 Å². The van der Waals surface area contributed by atoms with Crippen molar-refractivity contribution < 1.29 is 22.0 Å². The zero-order chi connectivity index (χ0) is 17.7. The largest absolute Gasteiger partial charge is 0.371 e. The molecule has 1 fully saturated rings. The molecule has 134 valence electrons. The topological polar surface area (TPSA) is 78.5 Å². The van der Waals surface area contributed by atoms with Crippen LogP contribution in [0.3, 0.4) is 0 Å². The van der Waals surface area contributed by atoms with E-state index in [0.29, 0.717) is 25.3 Å². The molecule has 6 nitrogen and oxygen atoms in total. The van der Waals surface area contributed by atoms with Crippen molar-refractivity contribution in [1.29, 1.82) is 0 Å².